The van der Waals surface area contributed by atoms with Crippen molar-refractivity contribution in [2.24, 2.45) is 0 Å². The first-order valence-corrected chi connectivity index (χ1v) is 10.8. The van der Waals surface area contributed by atoms with Crippen molar-refractivity contribution in [1.82, 2.24) is 25.3 Å². The van der Waals surface area contributed by atoms with E-state index in [0.29, 0.717) is 31.9 Å². The Bertz CT molecular complexity index is 1070. The summed E-state index contributed by atoms with van der Waals surface area (Å²) in [6, 6.07) is 1.16. The zero-order chi connectivity index (χ0) is 24.5. The van der Waals surface area contributed by atoms with E-state index in [0.717, 1.165) is 18.9 Å². The van der Waals surface area contributed by atoms with E-state index < -0.39 is 30.1 Å². The molecule has 34 heavy (non-hydrogen) atoms. The molecule has 0 spiro atoms. The molecule has 1 saturated carbocycles. The number of rotatable bonds is 7. The number of aryl methyl sites for hydroxylation is 1. The Morgan fingerprint density at radius 1 is 1.26 bits per heavy atom. The molecule has 2 aliphatic rings. The van der Waals surface area contributed by atoms with Crippen LogP contribution in [0.1, 0.15) is 53.5 Å². The van der Waals surface area contributed by atoms with Crippen LogP contribution in [0.15, 0.2) is 16.8 Å². The number of halogens is 3. The summed E-state index contributed by atoms with van der Waals surface area (Å²) < 4.78 is 53.5. The van der Waals surface area contributed by atoms with Crippen LogP contribution in [0.5, 0.6) is 5.75 Å². The number of ether oxygens (including phenoxy) is 2. The highest BCUT2D eigenvalue weighted by atomic mass is 19.4. The topological polar surface area (TPSA) is 120 Å². The summed E-state index contributed by atoms with van der Waals surface area (Å²) in [6.45, 7) is 2.78. The van der Waals surface area contributed by atoms with Crippen molar-refractivity contribution < 1.29 is 36.8 Å². The van der Waals surface area contributed by atoms with Gasteiger partial charge in [0.15, 0.2) is 12.1 Å². The molecule has 0 aromatic carbocycles. The minimum atomic E-state index is -4.54. The van der Waals surface area contributed by atoms with Gasteiger partial charge < -0.3 is 24.2 Å². The number of alkyl halides is 3. The van der Waals surface area contributed by atoms with Crippen LogP contribution in [0.3, 0.4) is 0 Å². The van der Waals surface area contributed by atoms with Crippen molar-refractivity contribution in [3.05, 3.63) is 35.2 Å². The number of morpholine rings is 1. The van der Waals surface area contributed by atoms with Crippen molar-refractivity contribution in [2.75, 3.05) is 32.9 Å². The largest absolute Gasteiger partial charge is 0.484 e. The first-order valence-electron chi connectivity index (χ1n) is 10.8. The van der Waals surface area contributed by atoms with Gasteiger partial charge in [-0.15, -0.1) is 0 Å². The van der Waals surface area contributed by atoms with Crippen LogP contribution >= 0.6 is 0 Å². The zero-order valence-corrected chi connectivity index (χ0v) is 18.6. The number of amides is 2. The lowest BCUT2D eigenvalue weighted by atomic mass is 9.98. The second kappa shape index (κ2) is 9.20. The molecule has 4 rings (SSSR count). The van der Waals surface area contributed by atoms with Gasteiger partial charge in [0.05, 0.1) is 13.2 Å². The minimum Gasteiger partial charge on any atom is -0.484 e. The third-order valence-corrected chi connectivity index (χ3v) is 5.60. The molecule has 1 aliphatic carbocycles. The molecular formula is C21H24F3N5O5. The summed E-state index contributed by atoms with van der Waals surface area (Å²) >= 11 is 0. The number of carbonyl (C=O) groups excluding carboxylic acids is 2. The van der Waals surface area contributed by atoms with Gasteiger partial charge in [-0.05, 0) is 25.7 Å². The fourth-order valence-electron chi connectivity index (χ4n) is 3.64. The molecule has 3 heterocycles. The highest BCUT2D eigenvalue weighted by Gasteiger charge is 2.45. The fourth-order valence-corrected chi connectivity index (χ4v) is 3.64. The maximum absolute atomic E-state index is 13.4. The summed E-state index contributed by atoms with van der Waals surface area (Å²) in [5.74, 6) is -1.16. The third-order valence-electron chi connectivity index (χ3n) is 5.60. The standard InChI is InChI=1S/C21H24F3N5O5/c1-12-26-18(28-34-12)20(2,19(31)29-5-7-32-8-6-29)27-17(30)15-9-16(33-11-21(22,23)24)14(10-25-15)13-3-4-13/h9-10,13H,3-8,11H2,1-2H3,(H,27,30). The van der Waals surface area contributed by atoms with Crippen LogP contribution in [0.2, 0.25) is 0 Å². The Kier molecular flexibility index (Phi) is 6.47. The molecule has 1 aliphatic heterocycles. The number of aromatic nitrogens is 3. The predicted octanol–water partition coefficient (Wildman–Crippen LogP) is 2.10. The van der Waals surface area contributed by atoms with Gasteiger partial charge in [0.2, 0.25) is 11.7 Å². The molecule has 1 saturated heterocycles. The van der Waals surface area contributed by atoms with Crippen molar-refractivity contribution in [3.8, 4) is 5.75 Å². The molecular weight excluding hydrogens is 459 g/mol. The second-order valence-corrected chi connectivity index (χ2v) is 8.41. The number of nitrogens with zero attached hydrogens (tertiary/aromatic N) is 4. The molecule has 10 nitrogen and oxygen atoms in total. The SMILES string of the molecule is Cc1nc(C(C)(NC(=O)c2cc(OCC(F)(F)F)c(C3CC3)cn2)C(=O)N2CCOCC2)no1. The second-order valence-electron chi connectivity index (χ2n) is 8.41. The number of nitrogens with one attached hydrogen (secondary N) is 1. The van der Waals surface area contributed by atoms with Gasteiger partial charge in [0, 0.05) is 37.8 Å². The highest BCUT2D eigenvalue weighted by Crippen LogP contribution is 2.44. The molecule has 184 valence electrons. The van der Waals surface area contributed by atoms with E-state index in [-0.39, 0.29) is 29.1 Å². The van der Waals surface area contributed by atoms with Crippen LogP contribution < -0.4 is 10.1 Å². The summed E-state index contributed by atoms with van der Waals surface area (Å²) in [5.41, 5.74) is -1.40. The first-order chi connectivity index (χ1) is 16.1. The van der Waals surface area contributed by atoms with Gasteiger partial charge in [0.25, 0.3) is 11.8 Å². The number of hydrogen-bond acceptors (Lipinski definition) is 8. The van der Waals surface area contributed by atoms with E-state index >= 15 is 0 Å². The van der Waals surface area contributed by atoms with Crippen molar-refractivity contribution in [1.29, 1.82) is 0 Å². The third kappa shape index (κ3) is 5.29. The molecule has 13 heteroatoms. The Morgan fingerprint density at radius 2 is 1.97 bits per heavy atom. The lowest BCUT2D eigenvalue weighted by Crippen LogP contribution is -2.58. The molecule has 0 bridgehead atoms. The normalized spacial score (nSPS) is 18.3. The van der Waals surface area contributed by atoms with Gasteiger partial charge in [0.1, 0.15) is 11.4 Å². The summed E-state index contributed by atoms with van der Waals surface area (Å²) in [4.78, 5) is 36.3. The van der Waals surface area contributed by atoms with E-state index in [1.54, 1.807) is 6.92 Å². The lowest BCUT2D eigenvalue weighted by molar-refractivity contribution is -0.153. The van der Waals surface area contributed by atoms with Crippen LogP contribution in [0, 0.1) is 6.92 Å². The van der Waals surface area contributed by atoms with E-state index in [2.05, 4.69) is 20.4 Å². The van der Waals surface area contributed by atoms with E-state index in [1.807, 2.05) is 0 Å². The van der Waals surface area contributed by atoms with Crippen LogP contribution in [-0.2, 0) is 15.1 Å². The molecule has 0 radical (unpaired) electrons. The average Bonchev–Trinajstić information content (AvgIpc) is 3.56. The first kappa shape index (κ1) is 23.9. The van der Waals surface area contributed by atoms with Gasteiger partial charge in [-0.1, -0.05) is 5.16 Å². The predicted molar refractivity (Wildman–Crippen MR) is 109 cm³/mol. The molecule has 2 fully saturated rings. The quantitative estimate of drug-likeness (QED) is 0.636. The van der Waals surface area contributed by atoms with Crippen LogP contribution in [-0.4, -0.2) is 70.9 Å². The monoisotopic (exact) mass is 483 g/mol. The van der Waals surface area contributed by atoms with Crippen LogP contribution in [0.4, 0.5) is 13.2 Å². The Morgan fingerprint density at radius 3 is 2.56 bits per heavy atom. The molecule has 2 aromatic rings. The number of pyridine rings is 1. The molecule has 1 unspecified atom stereocenters. The molecule has 1 N–H and O–H groups in total. The average molecular weight is 483 g/mol. The van der Waals surface area contributed by atoms with E-state index in [4.69, 9.17) is 14.0 Å². The smallest absolute Gasteiger partial charge is 0.422 e. The zero-order valence-electron chi connectivity index (χ0n) is 18.6. The summed E-state index contributed by atoms with van der Waals surface area (Å²) in [6.07, 6.45) is -1.58. The van der Waals surface area contributed by atoms with Crippen molar-refractivity contribution in [3.63, 3.8) is 0 Å². The molecule has 2 amide bonds. The minimum absolute atomic E-state index is 0.0447. The van der Waals surface area contributed by atoms with Gasteiger partial charge in [-0.3, -0.25) is 14.6 Å². The summed E-state index contributed by atoms with van der Waals surface area (Å²) in [7, 11) is 0. The lowest BCUT2D eigenvalue weighted by Gasteiger charge is -2.35. The highest BCUT2D eigenvalue weighted by molar-refractivity contribution is 5.98. The summed E-state index contributed by atoms with van der Waals surface area (Å²) in [5, 5.41) is 6.42. The number of carbonyl (C=O) groups is 2. The molecule has 2 aromatic heterocycles. The molecule has 1 atom stereocenters. The van der Waals surface area contributed by atoms with Crippen LogP contribution in [0.25, 0.3) is 0 Å². The van der Waals surface area contributed by atoms with E-state index in [9.17, 15) is 22.8 Å². The Labute approximate surface area is 192 Å². The fraction of sp³-hybridized carbons (Fsp3) is 0.571. The number of hydrogen-bond donors (Lipinski definition) is 1. The Hall–Kier alpha value is -3.22. The van der Waals surface area contributed by atoms with Gasteiger partial charge in [-0.2, -0.15) is 18.2 Å². The maximum Gasteiger partial charge on any atom is 0.422 e. The van der Waals surface area contributed by atoms with Crippen molar-refractivity contribution in [2.45, 2.75) is 44.3 Å². The Balaban J connectivity index is 1.61. The van der Waals surface area contributed by atoms with Gasteiger partial charge >= 0.3 is 6.18 Å². The van der Waals surface area contributed by atoms with Crippen molar-refractivity contribution >= 4 is 11.8 Å². The van der Waals surface area contributed by atoms with Gasteiger partial charge in [-0.25, -0.2) is 0 Å². The van der Waals surface area contributed by atoms with E-state index in [1.165, 1.54) is 18.0 Å². The maximum atomic E-state index is 13.4.